The maximum atomic E-state index is 13.6. The molecule has 0 saturated heterocycles. The number of hydrogen-bond acceptors (Lipinski definition) is 5. The van der Waals surface area contributed by atoms with Crippen molar-refractivity contribution in [1.29, 1.82) is 0 Å². The highest BCUT2D eigenvalue weighted by molar-refractivity contribution is 7.03. The van der Waals surface area contributed by atoms with E-state index in [0.29, 0.717) is 18.7 Å². The van der Waals surface area contributed by atoms with Gasteiger partial charge in [-0.3, -0.25) is 9.78 Å². The second-order valence-corrected chi connectivity index (χ2v) is 4.52. The van der Waals surface area contributed by atoms with Crippen molar-refractivity contribution < 1.29 is 9.18 Å². The molecule has 0 saturated carbocycles. The van der Waals surface area contributed by atoms with Gasteiger partial charge in [0.15, 0.2) is 0 Å². The number of nitrogens with zero attached hydrogens (tertiary/aromatic N) is 3. The largest absolute Gasteiger partial charge is 0.331 e. The Labute approximate surface area is 114 Å². The molecule has 0 aliphatic heterocycles. The van der Waals surface area contributed by atoms with Gasteiger partial charge in [-0.2, -0.15) is 0 Å². The smallest absolute Gasteiger partial charge is 0.256 e. The van der Waals surface area contributed by atoms with Crippen LogP contribution < -0.4 is 5.73 Å². The molecule has 0 aromatic carbocycles. The Morgan fingerprint density at radius 1 is 1.53 bits per heavy atom. The van der Waals surface area contributed by atoms with Crippen molar-refractivity contribution in [3.8, 4) is 0 Å². The minimum atomic E-state index is -0.430. The van der Waals surface area contributed by atoms with E-state index in [4.69, 9.17) is 5.73 Å². The van der Waals surface area contributed by atoms with Crippen LogP contribution in [0.1, 0.15) is 16.1 Å². The second-order valence-electron chi connectivity index (χ2n) is 3.86. The standard InChI is InChI=1S/C12H13FN4OS/c13-10-2-1-4-15-11(10)7-17(5-3-14)12(18)9-6-16-19-8-9/h1-2,4,6,8H,3,5,7,14H2. The van der Waals surface area contributed by atoms with Crippen LogP contribution in [-0.2, 0) is 6.54 Å². The molecular weight excluding hydrogens is 267 g/mol. The third kappa shape index (κ3) is 3.33. The molecule has 100 valence electrons. The minimum Gasteiger partial charge on any atom is -0.331 e. The van der Waals surface area contributed by atoms with Crippen LogP contribution in [0.25, 0.3) is 0 Å². The third-order valence-electron chi connectivity index (χ3n) is 2.54. The SMILES string of the molecule is NCCN(Cc1ncccc1F)C(=O)c1cnsc1. The van der Waals surface area contributed by atoms with Gasteiger partial charge in [0, 0.05) is 24.7 Å². The second kappa shape index (κ2) is 6.35. The third-order valence-corrected chi connectivity index (χ3v) is 3.13. The van der Waals surface area contributed by atoms with Crippen LogP contribution in [0.3, 0.4) is 0 Å². The molecule has 0 unspecified atom stereocenters. The number of aromatic nitrogens is 2. The molecule has 19 heavy (non-hydrogen) atoms. The van der Waals surface area contributed by atoms with E-state index >= 15 is 0 Å². The lowest BCUT2D eigenvalue weighted by molar-refractivity contribution is 0.0745. The Morgan fingerprint density at radius 2 is 2.37 bits per heavy atom. The van der Waals surface area contributed by atoms with Gasteiger partial charge in [0.05, 0.1) is 24.0 Å². The number of nitrogens with two attached hydrogens (primary N) is 1. The monoisotopic (exact) mass is 280 g/mol. The summed E-state index contributed by atoms with van der Waals surface area (Å²) in [6.45, 7) is 0.737. The van der Waals surface area contributed by atoms with Crippen molar-refractivity contribution in [3.63, 3.8) is 0 Å². The molecule has 2 rings (SSSR count). The number of amides is 1. The molecular formula is C12H13FN4OS. The van der Waals surface area contributed by atoms with Crippen molar-refractivity contribution in [1.82, 2.24) is 14.3 Å². The van der Waals surface area contributed by atoms with Gasteiger partial charge in [-0.15, -0.1) is 0 Å². The fourth-order valence-corrected chi connectivity index (χ4v) is 2.13. The van der Waals surface area contributed by atoms with Gasteiger partial charge < -0.3 is 10.6 Å². The highest BCUT2D eigenvalue weighted by Crippen LogP contribution is 2.11. The first kappa shape index (κ1) is 13.6. The molecule has 2 aromatic heterocycles. The summed E-state index contributed by atoms with van der Waals surface area (Å²) in [6, 6.07) is 2.83. The summed E-state index contributed by atoms with van der Waals surface area (Å²) in [7, 11) is 0. The molecule has 0 atom stereocenters. The van der Waals surface area contributed by atoms with Crippen molar-refractivity contribution in [2.45, 2.75) is 6.54 Å². The van der Waals surface area contributed by atoms with E-state index in [2.05, 4.69) is 9.36 Å². The molecule has 0 aliphatic rings. The number of pyridine rings is 1. The highest BCUT2D eigenvalue weighted by atomic mass is 32.1. The summed E-state index contributed by atoms with van der Waals surface area (Å²) in [5, 5.41) is 1.65. The van der Waals surface area contributed by atoms with Crippen LogP contribution >= 0.6 is 11.5 Å². The number of carbonyl (C=O) groups excluding carboxylic acids is 1. The van der Waals surface area contributed by atoms with Crippen LogP contribution in [0.4, 0.5) is 4.39 Å². The van der Waals surface area contributed by atoms with E-state index < -0.39 is 5.82 Å². The summed E-state index contributed by atoms with van der Waals surface area (Å²) in [5.74, 6) is -0.648. The number of rotatable bonds is 5. The molecule has 0 bridgehead atoms. The molecule has 2 heterocycles. The van der Waals surface area contributed by atoms with E-state index in [1.807, 2.05) is 0 Å². The van der Waals surface area contributed by atoms with Crippen molar-refractivity contribution in [3.05, 3.63) is 47.0 Å². The van der Waals surface area contributed by atoms with Gasteiger partial charge >= 0.3 is 0 Å². The van der Waals surface area contributed by atoms with Gasteiger partial charge in [-0.1, -0.05) is 0 Å². The molecule has 1 amide bonds. The van der Waals surface area contributed by atoms with Crippen LogP contribution in [0, 0.1) is 5.82 Å². The van der Waals surface area contributed by atoms with Crippen LogP contribution in [0.15, 0.2) is 29.9 Å². The Bertz CT molecular complexity index is 546. The Kier molecular flexibility index (Phi) is 4.53. The molecule has 0 aliphatic carbocycles. The Morgan fingerprint density at radius 3 is 3.00 bits per heavy atom. The van der Waals surface area contributed by atoms with Gasteiger partial charge in [0.1, 0.15) is 5.82 Å². The first-order valence-electron chi connectivity index (χ1n) is 5.70. The predicted octanol–water partition coefficient (Wildman–Crippen LogP) is 1.28. The quantitative estimate of drug-likeness (QED) is 0.895. The zero-order chi connectivity index (χ0) is 13.7. The zero-order valence-electron chi connectivity index (χ0n) is 10.1. The number of hydrogen-bond donors (Lipinski definition) is 1. The predicted molar refractivity (Wildman–Crippen MR) is 70.1 cm³/mol. The topological polar surface area (TPSA) is 72.1 Å². The number of halogens is 1. The molecule has 2 aromatic rings. The minimum absolute atomic E-state index is 0.0958. The van der Waals surface area contributed by atoms with Crippen molar-refractivity contribution in [2.75, 3.05) is 13.1 Å². The summed E-state index contributed by atoms with van der Waals surface area (Å²) >= 11 is 1.19. The summed E-state index contributed by atoms with van der Waals surface area (Å²) in [4.78, 5) is 17.6. The molecule has 7 heteroatoms. The first-order valence-corrected chi connectivity index (χ1v) is 6.54. The Hall–Kier alpha value is -1.86. The molecule has 0 radical (unpaired) electrons. The fraction of sp³-hybridized carbons (Fsp3) is 0.250. The molecule has 2 N–H and O–H groups in total. The lowest BCUT2D eigenvalue weighted by Gasteiger charge is -2.21. The van der Waals surface area contributed by atoms with Crippen LogP contribution in [0.2, 0.25) is 0 Å². The maximum absolute atomic E-state index is 13.6. The first-order chi connectivity index (χ1) is 9.22. The van der Waals surface area contributed by atoms with Gasteiger partial charge in [-0.25, -0.2) is 8.76 Å². The van der Waals surface area contributed by atoms with Crippen molar-refractivity contribution in [2.24, 2.45) is 5.73 Å². The van der Waals surface area contributed by atoms with E-state index in [1.165, 1.54) is 41.0 Å². The van der Waals surface area contributed by atoms with Crippen LogP contribution in [0.5, 0.6) is 0 Å². The summed E-state index contributed by atoms with van der Waals surface area (Å²) in [5.41, 5.74) is 6.20. The summed E-state index contributed by atoms with van der Waals surface area (Å²) in [6.07, 6.45) is 2.99. The van der Waals surface area contributed by atoms with Crippen molar-refractivity contribution >= 4 is 17.4 Å². The lowest BCUT2D eigenvalue weighted by Crippen LogP contribution is -2.35. The average molecular weight is 280 g/mol. The zero-order valence-corrected chi connectivity index (χ0v) is 10.9. The van der Waals surface area contributed by atoms with Gasteiger partial charge in [-0.05, 0) is 23.7 Å². The highest BCUT2D eigenvalue weighted by Gasteiger charge is 2.18. The lowest BCUT2D eigenvalue weighted by atomic mass is 10.2. The van der Waals surface area contributed by atoms with E-state index in [1.54, 1.807) is 5.38 Å². The Balaban J connectivity index is 2.17. The van der Waals surface area contributed by atoms with Gasteiger partial charge in [0.2, 0.25) is 0 Å². The van der Waals surface area contributed by atoms with Gasteiger partial charge in [0.25, 0.3) is 5.91 Å². The number of carbonyl (C=O) groups is 1. The summed E-state index contributed by atoms with van der Waals surface area (Å²) < 4.78 is 17.4. The molecule has 5 nitrogen and oxygen atoms in total. The fourth-order valence-electron chi connectivity index (χ4n) is 1.62. The van der Waals surface area contributed by atoms with E-state index in [9.17, 15) is 9.18 Å². The normalized spacial score (nSPS) is 10.4. The average Bonchev–Trinajstić information content (AvgIpc) is 2.94. The maximum Gasteiger partial charge on any atom is 0.256 e. The van der Waals surface area contributed by atoms with E-state index in [0.717, 1.165) is 0 Å². The van der Waals surface area contributed by atoms with Crippen LogP contribution in [-0.4, -0.2) is 33.3 Å². The van der Waals surface area contributed by atoms with E-state index in [-0.39, 0.29) is 18.1 Å². The molecule has 0 fully saturated rings. The molecule has 0 spiro atoms.